The van der Waals surface area contributed by atoms with Crippen LogP contribution in [0.4, 0.5) is 0 Å². The zero-order valence-corrected chi connectivity index (χ0v) is 13.1. The quantitative estimate of drug-likeness (QED) is 0.673. The van der Waals surface area contributed by atoms with Crippen LogP contribution in [0.1, 0.15) is 24.2 Å². The van der Waals surface area contributed by atoms with Crippen LogP contribution in [0.15, 0.2) is 66.7 Å². The lowest BCUT2D eigenvalue weighted by Crippen LogP contribution is -2.31. The van der Waals surface area contributed by atoms with Crippen molar-refractivity contribution in [2.45, 2.75) is 25.6 Å². The van der Waals surface area contributed by atoms with E-state index in [9.17, 15) is 10.2 Å². The van der Waals surface area contributed by atoms with Crippen LogP contribution in [-0.2, 0) is 6.54 Å². The zero-order chi connectivity index (χ0) is 16.2. The molecule has 0 spiro atoms. The van der Waals surface area contributed by atoms with Crippen LogP contribution in [0.3, 0.4) is 0 Å². The normalized spacial score (nSPS) is 13.8. The minimum atomic E-state index is -0.590. The molecule has 23 heavy (non-hydrogen) atoms. The van der Waals surface area contributed by atoms with Crippen molar-refractivity contribution in [1.82, 2.24) is 5.32 Å². The van der Waals surface area contributed by atoms with Gasteiger partial charge in [-0.1, -0.05) is 60.7 Å². The molecule has 3 aromatic carbocycles. The molecule has 0 aromatic heterocycles. The predicted octanol–water partition coefficient (Wildman–Crippen LogP) is 3.76. The van der Waals surface area contributed by atoms with Crippen LogP contribution in [-0.4, -0.2) is 16.3 Å². The summed E-state index contributed by atoms with van der Waals surface area (Å²) in [5, 5.41) is 26.0. The second-order valence-corrected chi connectivity index (χ2v) is 5.81. The average molecular weight is 307 g/mol. The lowest BCUT2D eigenvalue weighted by Gasteiger charge is -2.21. The second-order valence-electron chi connectivity index (χ2n) is 5.81. The first-order valence-electron chi connectivity index (χ1n) is 7.83. The zero-order valence-electron chi connectivity index (χ0n) is 13.1. The molecule has 2 unspecified atom stereocenters. The van der Waals surface area contributed by atoms with E-state index in [0.29, 0.717) is 6.54 Å². The number of benzene rings is 3. The summed E-state index contributed by atoms with van der Waals surface area (Å²) >= 11 is 0. The molecule has 118 valence electrons. The van der Waals surface area contributed by atoms with Crippen LogP contribution in [0, 0.1) is 0 Å². The second kappa shape index (κ2) is 6.82. The van der Waals surface area contributed by atoms with Gasteiger partial charge in [-0.15, -0.1) is 0 Å². The largest absolute Gasteiger partial charge is 0.508 e. The van der Waals surface area contributed by atoms with Crippen LogP contribution in [0.5, 0.6) is 5.75 Å². The van der Waals surface area contributed by atoms with Gasteiger partial charge in [0.15, 0.2) is 0 Å². The van der Waals surface area contributed by atoms with Crippen molar-refractivity contribution in [2.24, 2.45) is 0 Å². The molecule has 0 amide bonds. The molecular weight excluding hydrogens is 286 g/mol. The van der Waals surface area contributed by atoms with Gasteiger partial charge in [0.1, 0.15) is 5.75 Å². The molecule has 0 aliphatic carbocycles. The molecule has 2 atom stereocenters. The fraction of sp³-hybridized carbons (Fsp3) is 0.200. The van der Waals surface area contributed by atoms with E-state index in [1.807, 2.05) is 67.6 Å². The molecule has 0 saturated carbocycles. The summed E-state index contributed by atoms with van der Waals surface area (Å²) in [4.78, 5) is 0. The summed E-state index contributed by atoms with van der Waals surface area (Å²) < 4.78 is 0. The Kier molecular flexibility index (Phi) is 4.60. The maximum Gasteiger partial charge on any atom is 0.120 e. The van der Waals surface area contributed by atoms with Gasteiger partial charge in [-0.25, -0.2) is 0 Å². The van der Waals surface area contributed by atoms with E-state index in [1.165, 1.54) is 0 Å². The van der Waals surface area contributed by atoms with Crippen molar-refractivity contribution in [3.05, 3.63) is 77.9 Å². The van der Waals surface area contributed by atoms with E-state index in [-0.39, 0.29) is 11.8 Å². The molecule has 3 heteroatoms. The Labute approximate surface area is 136 Å². The Morgan fingerprint density at radius 3 is 2.39 bits per heavy atom. The molecule has 3 nitrogen and oxygen atoms in total. The van der Waals surface area contributed by atoms with Crippen molar-refractivity contribution < 1.29 is 10.2 Å². The summed E-state index contributed by atoms with van der Waals surface area (Å²) in [7, 11) is 0. The van der Waals surface area contributed by atoms with Gasteiger partial charge in [0.25, 0.3) is 0 Å². The van der Waals surface area contributed by atoms with Crippen molar-refractivity contribution in [1.29, 1.82) is 0 Å². The Morgan fingerprint density at radius 2 is 1.61 bits per heavy atom. The van der Waals surface area contributed by atoms with Crippen molar-refractivity contribution >= 4 is 10.8 Å². The molecule has 3 aromatic rings. The monoisotopic (exact) mass is 307 g/mol. The molecule has 3 N–H and O–H groups in total. The molecule has 0 bridgehead atoms. The molecule has 0 fully saturated rings. The van der Waals surface area contributed by atoms with E-state index < -0.39 is 6.10 Å². The number of phenols is 1. The lowest BCUT2D eigenvalue weighted by atomic mass is 10.0. The van der Waals surface area contributed by atoms with E-state index in [4.69, 9.17) is 0 Å². The Hall–Kier alpha value is -2.36. The average Bonchev–Trinajstić information content (AvgIpc) is 2.60. The van der Waals surface area contributed by atoms with Gasteiger partial charge in [-0.2, -0.15) is 0 Å². The number of fused-ring (bicyclic) bond motifs is 1. The molecule has 3 rings (SSSR count). The van der Waals surface area contributed by atoms with Gasteiger partial charge >= 0.3 is 0 Å². The number of aliphatic hydroxyl groups is 1. The first-order valence-corrected chi connectivity index (χ1v) is 7.83. The van der Waals surface area contributed by atoms with Crippen LogP contribution in [0.2, 0.25) is 0 Å². The highest BCUT2D eigenvalue weighted by Crippen LogP contribution is 2.27. The Morgan fingerprint density at radius 1 is 0.913 bits per heavy atom. The Balaban J connectivity index is 1.77. The van der Waals surface area contributed by atoms with Gasteiger partial charge in [-0.05, 0) is 29.3 Å². The highest BCUT2D eigenvalue weighted by atomic mass is 16.3. The molecule has 0 saturated heterocycles. The van der Waals surface area contributed by atoms with E-state index >= 15 is 0 Å². The summed E-state index contributed by atoms with van der Waals surface area (Å²) in [6.45, 7) is 2.44. The number of hydrogen-bond donors (Lipinski definition) is 3. The van der Waals surface area contributed by atoms with Crippen molar-refractivity contribution in [3.63, 3.8) is 0 Å². The van der Waals surface area contributed by atoms with E-state index in [2.05, 4.69) is 5.32 Å². The first-order chi connectivity index (χ1) is 11.2. The maximum absolute atomic E-state index is 10.4. The number of aromatic hydroxyl groups is 1. The SMILES string of the molecule is CC(NCc1c(O)ccc2ccccc12)C(O)c1ccccc1. The summed E-state index contributed by atoms with van der Waals surface area (Å²) in [6, 6.07) is 21.1. The third-order valence-electron chi connectivity index (χ3n) is 4.23. The Bertz CT molecular complexity index is 786. The van der Waals surface area contributed by atoms with Crippen LogP contribution >= 0.6 is 0 Å². The smallest absolute Gasteiger partial charge is 0.120 e. The van der Waals surface area contributed by atoms with Gasteiger partial charge in [-0.3, -0.25) is 0 Å². The van der Waals surface area contributed by atoms with E-state index in [0.717, 1.165) is 21.9 Å². The minimum Gasteiger partial charge on any atom is -0.508 e. The summed E-state index contributed by atoms with van der Waals surface area (Å²) in [6.07, 6.45) is -0.590. The molecule has 0 heterocycles. The fourth-order valence-corrected chi connectivity index (χ4v) is 2.82. The molecule has 0 radical (unpaired) electrons. The third-order valence-corrected chi connectivity index (χ3v) is 4.23. The topological polar surface area (TPSA) is 52.5 Å². The van der Waals surface area contributed by atoms with Crippen LogP contribution < -0.4 is 5.32 Å². The minimum absolute atomic E-state index is 0.129. The van der Waals surface area contributed by atoms with Crippen LogP contribution in [0.25, 0.3) is 10.8 Å². The van der Waals surface area contributed by atoms with Gasteiger partial charge in [0, 0.05) is 18.2 Å². The first kappa shape index (κ1) is 15.5. The number of aliphatic hydroxyl groups excluding tert-OH is 1. The van der Waals surface area contributed by atoms with Gasteiger partial charge in [0.2, 0.25) is 0 Å². The third kappa shape index (κ3) is 3.36. The summed E-state index contributed by atoms with van der Waals surface area (Å²) in [5.74, 6) is 0.276. The number of hydrogen-bond acceptors (Lipinski definition) is 3. The predicted molar refractivity (Wildman–Crippen MR) is 93.3 cm³/mol. The van der Waals surface area contributed by atoms with Crippen molar-refractivity contribution in [2.75, 3.05) is 0 Å². The highest BCUT2D eigenvalue weighted by molar-refractivity contribution is 5.87. The van der Waals surface area contributed by atoms with Crippen molar-refractivity contribution in [3.8, 4) is 5.75 Å². The number of phenolic OH excluding ortho intramolecular Hbond substituents is 1. The standard InChI is InChI=1S/C20H21NO2/c1-14(20(23)16-8-3-2-4-9-16)21-13-18-17-10-6-5-7-15(17)11-12-19(18)22/h2-12,14,20-23H,13H2,1H3. The molecule has 0 aliphatic heterocycles. The fourth-order valence-electron chi connectivity index (χ4n) is 2.82. The number of rotatable bonds is 5. The lowest BCUT2D eigenvalue weighted by molar-refractivity contribution is 0.135. The van der Waals surface area contributed by atoms with Gasteiger partial charge < -0.3 is 15.5 Å². The summed E-state index contributed by atoms with van der Waals surface area (Å²) in [5.41, 5.74) is 1.74. The molecular formula is C20H21NO2. The highest BCUT2D eigenvalue weighted by Gasteiger charge is 2.16. The number of nitrogens with one attached hydrogen (secondary N) is 1. The molecule has 0 aliphatic rings. The van der Waals surface area contributed by atoms with E-state index in [1.54, 1.807) is 6.07 Å². The maximum atomic E-state index is 10.4. The van der Waals surface area contributed by atoms with Gasteiger partial charge in [0.05, 0.1) is 6.10 Å².